The minimum absolute atomic E-state index is 0.0990. The summed E-state index contributed by atoms with van der Waals surface area (Å²) >= 11 is 1.64. The first-order chi connectivity index (χ1) is 14.5. The zero-order valence-electron chi connectivity index (χ0n) is 18.3. The predicted octanol–water partition coefficient (Wildman–Crippen LogP) is 5.07. The van der Waals surface area contributed by atoms with Gasteiger partial charge in [-0.1, -0.05) is 26.2 Å². The minimum atomic E-state index is -0.494. The highest BCUT2D eigenvalue weighted by molar-refractivity contribution is 7.16. The van der Waals surface area contributed by atoms with E-state index in [1.165, 1.54) is 24.1 Å². The molecule has 30 heavy (non-hydrogen) atoms. The van der Waals surface area contributed by atoms with Gasteiger partial charge in [-0.15, -0.1) is 11.3 Å². The van der Waals surface area contributed by atoms with E-state index in [2.05, 4.69) is 18.3 Å². The molecule has 162 valence electrons. The van der Waals surface area contributed by atoms with Crippen LogP contribution in [0.2, 0.25) is 0 Å². The lowest BCUT2D eigenvalue weighted by Crippen LogP contribution is -2.22. The maximum absolute atomic E-state index is 12.5. The SMILES string of the molecule is CCCCCCc1cc2c(s1)NC(=O)C(C)N=C2c1cc(OC)c(OC)c(OC)c1. The van der Waals surface area contributed by atoms with Gasteiger partial charge in [0, 0.05) is 16.0 Å². The van der Waals surface area contributed by atoms with E-state index in [4.69, 9.17) is 19.2 Å². The van der Waals surface area contributed by atoms with Crippen LogP contribution in [0.1, 0.15) is 55.5 Å². The Kier molecular flexibility index (Phi) is 7.37. The summed E-state index contributed by atoms with van der Waals surface area (Å²) < 4.78 is 16.5. The standard InChI is InChI=1S/C23H30N2O4S/c1-6-7-8-9-10-16-13-17-20(24-14(2)22(26)25-23(17)30-16)15-11-18(27-3)21(29-5)19(12-15)28-4/h11-14H,6-10H2,1-5H3,(H,25,26). The van der Waals surface area contributed by atoms with E-state index >= 15 is 0 Å². The van der Waals surface area contributed by atoms with Crippen LogP contribution in [0, 0.1) is 0 Å². The molecule has 2 heterocycles. The van der Waals surface area contributed by atoms with Crippen LogP contribution in [0.3, 0.4) is 0 Å². The molecule has 1 aromatic carbocycles. The number of rotatable bonds is 9. The number of hydrogen-bond donors (Lipinski definition) is 1. The Balaban J connectivity index is 2.05. The molecule has 3 rings (SSSR count). The van der Waals surface area contributed by atoms with Gasteiger partial charge < -0.3 is 19.5 Å². The molecule has 1 aromatic heterocycles. The molecule has 1 N–H and O–H groups in total. The number of aryl methyl sites for hydroxylation is 1. The van der Waals surface area contributed by atoms with Crippen molar-refractivity contribution in [1.29, 1.82) is 0 Å². The van der Waals surface area contributed by atoms with Gasteiger partial charge in [-0.25, -0.2) is 0 Å². The third-order valence-corrected chi connectivity index (χ3v) is 6.30. The average molecular weight is 431 g/mol. The summed E-state index contributed by atoms with van der Waals surface area (Å²) in [6.45, 7) is 4.01. The summed E-state index contributed by atoms with van der Waals surface area (Å²) in [7, 11) is 4.76. The Labute approximate surface area is 182 Å². The molecule has 1 amide bonds. The van der Waals surface area contributed by atoms with Crippen molar-refractivity contribution in [3.63, 3.8) is 0 Å². The van der Waals surface area contributed by atoms with E-state index in [1.54, 1.807) is 39.6 Å². The van der Waals surface area contributed by atoms with Crippen LogP contribution in [0.15, 0.2) is 23.2 Å². The molecule has 2 aromatic rings. The minimum Gasteiger partial charge on any atom is -0.493 e. The molecule has 0 bridgehead atoms. The number of thiophene rings is 1. The zero-order chi connectivity index (χ0) is 21.7. The Morgan fingerprint density at radius 1 is 1.03 bits per heavy atom. The molecule has 0 aliphatic carbocycles. The van der Waals surface area contributed by atoms with Crippen molar-refractivity contribution in [3.8, 4) is 17.2 Å². The normalized spacial score (nSPS) is 15.7. The fourth-order valence-corrected chi connectivity index (χ4v) is 4.65. The highest BCUT2D eigenvalue weighted by Crippen LogP contribution is 2.41. The van der Waals surface area contributed by atoms with Gasteiger partial charge in [0.25, 0.3) is 0 Å². The molecule has 1 unspecified atom stereocenters. The van der Waals surface area contributed by atoms with Crippen LogP contribution < -0.4 is 19.5 Å². The fraction of sp³-hybridized carbons (Fsp3) is 0.478. The number of nitrogens with zero attached hydrogens (tertiary/aromatic N) is 1. The largest absolute Gasteiger partial charge is 0.493 e. The van der Waals surface area contributed by atoms with E-state index in [0.29, 0.717) is 17.2 Å². The summed E-state index contributed by atoms with van der Waals surface area (Å²) in [6, 6.07) is 5.43. The number of carbonyl (C=O) groups is 1. The highest BCUT2D eigenvalue weighted by atomic mass is 32.1. The average Bonchev–Trinajstić information content (AvgIpc) is 3.10. The zero-order valence-corrected chi connectivity index (χ0v) is 19.1. The molecular weight excluding hydrogens is 400 g/mol. The van der Waals surface area contributed by atoms with E-state index in [1.807, 2.05) is 12.1 Å². The molecule has 0 saturated carbocycles. The first-order valence-corrected chi connectivity index (χ1v) is 11.2. The van der Waals surface area contributed by atoms with Gasteiger partial charge in [0.15, 0.2) is 11.5 Å². The topological polar surface area (TPSA) is 69.2 Å². The van der Waals surface area contributed by atoms with Crippen LogP contribution in [0.5, 0.6) is 17.2 Å². The summed E-state index contributed by atoms with van der Waals surface area (Å²) in [6.07, 6.45) is 5.83. The molecule has 0 fully saturated rings. The van der Waals surface area contributed by atoms with Gasteiger partial charge in [0.1, 0.15) is 11.0 Å². The lowest BCUT2D eigenvalue weighted by Gasteiger charge is -2.15. The van der Waals surface area contributed by atoms with Crippen LogP contribution in [0.25, 0.3) is 0 Å². The Hall–Kier alpha value is -2.54. The second kappa shape index (κ2) is 9.98. The number of fused-ring (bicyclic) bond motifs is 1. The summed E-state index contributed by atoms with van der Waals surface area (Å²) in [5.74, 6) is 1.55. The van der Waals surface area contributed by atoms with Gasteiger partial charge in [-0.3, -0.25) is 9.79 Å². The van der Waals surface area contributed by atoms with Crippen LogP contribution in [-0.4, -0.2) is 39.0 Å². The second-order valence-corrected chi connectivity index (χ2v) is 8.46. The Bertz CT molecular complexity index is 910. The predicted molar refractivity (Wildman–Crippen MR) is 122 cm³/mol. The van der Waals surface area contributed by atoms with E-state index < -0.39 is 6.04 Å². The number of unbranched alkanes of at least 4 members (excludes halogenated alkanes) is 3. The number of nitrogens with one attached hydrogen (secondary N) is 1. The first-order valence-electron chi connectivity index (χ1n) is 10.3. The van der Waals surface area contributed by atoms with Crippen molar-refractivity contribution in [2.45, 2.75) is 52.0 Å². The van der Waals surface area contributed by atoms with Crippen molar-refractivity contribution in [3.05, 3.63) is 34.2 Å². The van der Waals surface area contributed by atoms with Crippen LogP contribution in [0.4, 0.5) is 5.00 Å². The van der Waals surface area contributed by atoms with Gasteiger partial charge in [0.05, 0.1) is 27.0 Å². The van der Waals surface area contributed by atoms with Crippen molar-refractivity contribution in [1.82, 2.24) is 0 Å². The molecule has 0 saturated heterocycles. The molecule has 1 aliphatic rings. The lowest BCUT2D eigenvalue weighted by atomic mass is 10.0. The quantitative estimate of drug-likeness (QED) is 0.564. The number of ether oxygens (including phenoxy) is 3. The van der Waals surface area contributed by atoms with Crippen molar-refractivity contribution in [2.75, 3.05) is 26.6 Å². The van der Waals surface area contributed by atoms with Crippen molar-refractivity contribution < 1.29 is 19.0 Å². The maximum atomic E-state index is 12.5. The fourth-order valence-electron chi connectivity index (χ4n) is 3.55. The summed E-state index contributed by atoms with van der Waals surface area (Å²) in [4.78, 5) is 18.5. The lowest BCUT2D eigenvalue weighted by molar-refractivity contribution is -0.116. The van der Waals surface area contributed by atoms with Gasteiger partial charge in [0.2, 0.25) is 11.7 Å². The van der Waals surface area contributed by atoms with Crippen LogP contribution >= 0.6 is 11.3 Å². The number of benzene rings is 1. The smallest absolute Gasteiger partial charge is 0.249 e. The number of hydrogen-bond acceptors (Lipinski definition) is 6. The van der Waals surface area contributed by atoms with E-state index in [-0.39, 0.29) is 5.91 Å². The number of carbonyl (C=O) groups excluding carboxylic acids is 1. The molecule has 0 spiro atoms. The third-order valence-electron chi connectivity index (χ3n) is 5.19. The first kappa shape index (κ1) is 22.2. The van der Waals surface area contributed by atoms with Crippen molar-refractivity contribution in [2.24, 2.45) is 4.99 Å². The second-order valence-electron chi connectivity index (χ2n) is 7.32. The molecular formula is C23H30N2O4S. The van der Waals surface area contributed by atoms with Crippen LogP contribution in [-0.2, 0) is 11.2 Å². The summed E-state index contributed by atoms with van der Waals surface area (Å²) in [5, 5.41) is 3.90. The Morgan fingerprint density at radius 3 is 2.33 bits per heavy atom. The van der Waals surface area contributed by atoms with E-state index in [0.717, 1.165) is 34.7 Å². The molecule has 0 radical (unpaired) electrons. The monoisotopic (exact) mass is 430 g/mol. The number of aliphatic imine (C=N–C) groups is 1. The van der Waals surface area contributed by atoms with E-state index in [9.17, 15) is 4.79 Å². The van der Waals surface area contributed by atoms with Gasteiger partial charge in [-0.05, 0) is 38.0 Å². The molecule has 1 aliphatic heterocycles. The molecule has 6 nitrogen and oxygen atoms in total. The number of methoxy groups -OCH3 is 3. The number of amides is 1. The maximum Gasteiger partial charge on any atom is 0.249 e. The van der Waals surface area contributed by atoms with Gasteiger partial charge >= 0.3 is 0 Å². The number of anilines is 1. The molecule has 7 heteroatoms. The van der Waals surface area contributed by atoms with Crippen molar-refractivity contribution >= 4 is 28.0 Å². The molecule has 1 atom stereocenters. The van der Waals surface area contributed by atoms with Gasteiger partial charge in [-0.2, -0.15) is 0 Å². The summed E-state index contributed by atoms with van der Waals surface area (Å²) in [5.41, 5.74) is 2.52. The Morgan fingerprint density at radius 2 is 1.73 bits per heavy atom. The third kappa shape index (κ3) is 4.61. The highest BCUT2D eigenvalue weighted by Gasteiger charge is 2.26.